The van der Waals surface area contributed by atoms with E-state index < -0.39 is 28.4 Å². The number of ketones is 1. The summed E-state index contributed by atoms with van der Waals surface area (Å²) in [7, 11) is -1.76. The molecule has 1 atom stereocenters. The van der Waals surface area contributed by atoms with Crippen molar-refractivity contribution in [3.05, 3.63) is 64.5 Å². The highest BCUT2D eigenvalue weighted by atomic mass is 32.2. The van der Waals surface area contributed by atoms with Gasteiger partial charge in [0.25, 0.3) is 0 Å². The lowest BCUT2D eigenvalue weighted by Gasteiger charge is -2.16. The molecule has 2 heterocycles. The number of sulfone groups is 1. The van der Waals surface area contributed by atoms with Crippen LogP contribution in [0.25, 0.3) is 6.08 Å². The molecule has 2 aromatic rings. The zero-order valence-corrected chi connectivity index (χ0v) is 19.0. The highest BCUT2D eigenvalue weighted by Gasteiger charge is 2.31. The number of carbonyl (C=O) groups is 3. The molecule has 0 amide bonds. The zero-order valence-electron chi connectivity index (χ0n) is 18.2. The third-order valence-corrected chi connectivity index (χ3v) is 7.20. The van der Waals surface area contributed by atoms with E-state index in [1.165, 1.54) is 19.3 Å². The van der Waals surface area contributed by atoms with Crippen molar-refractivity contribution in [3.8, 4) is 0 Å². The predicted octanol–water partition coefficient (Wildman–Crippen LogP) is 2.69. The monoisotopic (exact) mass is 459 g/mol. The van der Waals surface area contributed by atoms with Gasteiger partial charge in [0.05, 0.1) is 24.2 Å². The standard InChI is InChI=1S/C23H25NO7S/c1-15-12-20(16(2)24(15)19-10-11-32(28,29)14-19)21(25)13-31-22(26)9-6-17-4-7-18(8-5-17)23(27)30-3/h4-9,12,19H,10-11,13-14H2,1-3H3/b9-6+. The van der Waals surface area contributed by atoms with E-state index in [-0.39, 0.29) is 23.3 Å². The maximum absolute atomic E-state index is 12.6. The molecule has 8 nitrogen and oxygen atoms in total. The quantitative estimate of drug-likeness (QED) is 0.356. The lowest BCUT2D eigenvalue weighted by atomic mass is 10.1. The van der Waals surface area contributed by atoms with Crippen LogP contribution in [-0.2, 0) is 24.1 Å². The van der Waals surface area contributed by atoms with Crippen molar-refractivity contribution >= 4 is 33.6 Å². The van der Waals surface area contributed by atoms with E-state index in [0.717, 1.165) is 5.69 Å². The number of esters is 2. The number of hydrogen-bond acceptors (Lipinski definition) is 7. The summed E-state index contributed by atoms with van der Waals surface area (Å²) in [6, 6.07) is 7.98. The molecule has 170 valence electrons. The van der Waals surface area contributed by atoms with Crippen molar-refractivity contribution in [1.82, 2.24) is 4.57 Å². The molecule has 0 N–H and O–H groups in total. The summed E-state index contributed by atoms with van der Waals surface area (Å²) in [5, 5.41) is 0. The second kappa shape index (κ2) is 9.52. The average Bonchev–Trinajstić information content (AvgIpc) is 3.27. The summed E-state index contributed by atoms with van der Waals surface area (Å²) >= 11 is 0. The second-order valence-corrected chi connectivity index (χ2v) is 9.92. The highest BCUT2D eigenvalue weighted by Crippen LogP contribution is 2.29. The number of aromatic nitrogens is 1. The SMILES string of the molecule is COC(=O)c1ccc(/C=C/C(=O)OCC(=O)c2cc(C)n(C3CCS(=O)(=O)C3)c2C)cc1. The van der Waals surface area contributed by atoms with Crippen molar-refractivity contribution in [2.75, 3.05) is 25.2 Å². The lowest BCUT2D eigenvalue weighted by molar-refractivity contribution is -0.136. The number of aryl methyl sites for hydroxylation is 1. The van der Waals surface area contributed by atoms with Crippen LogP contribution >= 0.6 is 0 Å². The van der Waals surface area contributed by atoms with Gasteiger partial charge in [-0.15, -0.1) is 0 Å². The molecule has 1 unspecified atom stereocenters. The molecule has 0 aliphatic carbocycles. The minimum Gasteiger partial charge on any atom is -0.465 e. The lowest BCUT2D eigenvalue weighted by Crippen LogP contribution is -2.16. The minimum atomic E-state index is -3.05. The van der Waals surface area contributed by atoms with Crippen molar-refractivity contribution in [2.45, 2.75) is 26.3 Å². The van der Waals surface area contributed by atoms with Gasteiger partial charge < -0.3 is 14.0 Å². The molecule has 0 radical (unpaired) electrons. The van der Waals surface area contributed by atoms with Crippen LogP contribution in [0.15, 0.2) is 36.4 Å². The molecule has 1 aromatic heterocycles. The van der Waals surface area contributed by atoms with E-state index in [4.69, 9.17) is 4.74 Å². The number of Topliss-reactive ketones (excluding diaryl/α,β-unsaturated/α-hetero) is 1. The number of ether oxygens (including phenoxy) is 2. The first-order valence-corrected chi connectivity index (χ1v) is 11.9. The van der Waals surface area contributed by atoms with Gasteiger partial charge in [-0.1, -0.05) is 12.1 Å². The number of methoxy groups -OCH3 is 1. The minimum absolute atomic E-state index is 0.0668. The Morgan fingerprint density at radius 3 is 2.44 bits per heavy atom. The largest absolute Gasteiger partial charge is 0.465 e. The molecular weight excluding hydrogens is 434 g/mol. The molecule has 0 saturated carbocycles. The van der Waals surface area contributed by atoms with E-state index >= 15 is 0 Å². The van der Waals surface area contributed by atoms with Gasteiger partial charge in [-0.2, -0.15) is 0 Å². The summed E-state index contributed by atoms with van der Waals surface area (Å²) in [5.74, 6) is -1.27. The van der Waals surface area contributed by atoms with E-state index in [1.807, 2.05) is 11.5 Å². The van der Waals surface area contributed by atoms with Gasteiger partial charge in [0.1, 0.15) is 0 Å². The molecule has 9 heteroatoms. The van der Waals surface area contributed by atoms with Gasteiger partial charge in [-0.3, -0.25) is 4.79 Å². The van der Waals surface area contributed by atoms with Crippen LogP contribution < -0.4 is 0 Å². The first-order valence-electron chi connectivity index (χ1n) is 10.1. The van der Waals surface area contributed by atoms with Crippen LogP contribution in [0.2, 0.25) is 0 Å². The smallest absolute Gasteiger partial charge is 0.337 e. The fraction of sp³-hybridized carbons (Fsp3) is 0.348. The Hall–Kier alpha value is -3.20. The Kier molecular flexibility index (Phi) is 6.98. The molecule has 1 aromatic carbocycles. The van der Waals surface area contributed by atoms with Crippen LogP contribution in [0.5, 0.6) is 0 Å². The van der Waals surface area contributed by atoms with E-state index in [1.54, 1.807) is 37.3 Å². The van der Waals surface area contributed by atoms with Gasteiger partial charge in [-0.25, -0.2) is 18.0 Å². The van der Waals surface area contributed by atoms with Crippen LogP contribution in [0.4, 0.5) is 0 Å². The van der Waals surface area contributed by atoms with Crippen LogP contribution in [0.1, 0.15) is 50.1 Å². The van der Waals surface area contributed by atoms with Crippen molar-refractivity contribution in [1.29, 1.82) is 0 Å². The van der Waals surface area contributed by atoms with Gasteiger partial charge in [0.2, 0.25) is 5.78 Å². The van der Waals surface area contributed by atoms with Crippen LogP contribution in [0.3, 0.4) is 0 Å². The highest BCUT2D eigenvalue weighted by molar-refractivity contribution is 7.91. The fourth-order valence-corrected chi connectivity index (χ4v) is 5.58. The number of carbonyl (C=O) groups excluding carboxylic acids is 3. The zero-order chi connectivity index (χ0) is 23.5. The molecule has 1 aliphatic rings. The summed E-state index contributed by atoms with van der Waals surface area (Å²) < 4.78 is 35.2. The molecule has 0 bridgehead atoms. The Balaban J connectivity index is 1.60. The first-order chi connectivity index (χ1) is 15.1. The maximum atomic E-state index is 12.6. The van der Waals surface area contributed by atoms with Crippen molar-refractivity contribution in [3.63, 3.8) is 0 Å². The predicted molar refractivity (Wildman–Crippen MR) is 118 cm³/mol. The number of hydrogen-bond donors (Lipinski definition) is 0. The van der Waals surface area contributed by atoms with Gasteiger partial charge in [0.15, 0.2) is 16.4 Å². The normalized spacial score (nSPS) is 17.4. The Morgan fingerprint density at radius 1 is 1.16 bits per heavy atom. The van der Waals surface area contributed by atoms with E-state index in [9.17, 15) is 22.8 Å². The third-order valence-electron chi connectivity index (χ3n) is 5.45. The van der Waals surface area contributed by atoms with Gasteiger partial charge in [-0.05, 0) is 50.1 Å². The van der Waals surface area contributed by atoms with Crippen LogP contribution in [-0.4, -0.2) is 55.9 Å². The molecule has 1 saturated heterocycles. The van der Waals surface area contributed by atoms with Gasteiger partial charge in [0, 0.05) is 29.1 Å². The number of benzene rings is 1. The first kappa shape index (κ1) is 23.5. The van der Waals surface area contributed by atoms with E-state index in [0.29, 0.717) is 28.8 Å². The summed E-state index contributed by atoms with van der Waals surface area (Å²) in [6.07, 6.45) is 3.24. The van der Waals surface area contributed by atoms with Crippen molar-refractivity contribution < 1.29 is 32.3 Å². The maximum Gasteiger partial charge on any atom is 0.337 e. The molecule has 0 spiro atoms. The Labute approximate surface area is 186 Å². The molecule has 32 heavy (non-hydrogen) atoms. The summed E-state index contributed by atoms with van der Waals surface area (Å²) in [4.78, 5) is 36.0. The Morgan fingerprint density at radius 2 is 1.84 bits per heavy atom. The molecule has 3 rings (SSSR count). The second-order valence-electron chi connectivity index (χ2n) is 7.69. The van der Waals surface area contributed by atoms with Crippen LogP contribution in [0, 0.1) is 13.8 Å². The fourth-order valence-electron chi connectivity index (χ4n) is 3.88. The number of rotatable bonds is 7. The Bertz CT molecular complexity index is 1170. The molecule has 1 aliphatic heterocycles. The molecular formula is C23H25NO7S. The third kappa shape index (κ3) is 5.34. The summed E-state index contributed by atoms with van der Waals surface area (Å²) in [6.45, 7) is 3.18. The molecule has 1 fully saturated rings. The topological polar surface area (TPSA) is 109 Å². The van der Waals surface area contributed by atoms with Gasteiger partial charge >= 0.3 is 11.9 Å². The van der Waals surface area contributed by atoms with E-state index in [2.05, 4.69) is 4.74 Å². The average molecular weight is 460 g/mol. The summed E-state index contributed by atoms with van der Waals surface area (Å²) in [5.41, 5.74) is 2.96. The van der Waals surface area contributed by atoms with Crippen molar-refractivity contribution in [2.24, 2.45) is 0 Å². The number of nitrogens with zero attached hydrogens (tertiary/aromatic N) is 1.